The molecular weight excluding hydrogens is 378 g/mol. The number of hydrogen-bond acceptors (Lipinski definition) is 6. The Hall–Kier alpha value is -2.80. The summed E-state index contributed by atoms with van der Waals surface area (Å²) in [5, 5.41) is 2.71. The van der Waals surface area contributed by atoms with E-state index >= 15 is 0 Å². The molecule has 1 heterocycles. The molecule has 0 saturated heterocycles. The number of hydrogen-bond donors (Lipinski definition) is 1. The van der Waals surface area contributed by atoms with Crippen LogP contribution in [0.1, 0.15) is 50.2 Å². The van der Waals surface area contributed by atoms with Gasteiger partial charge in [0.1, 0.15) is 0 Å². The molecule has 1 aromatic heterocycles. The van der Waals surface area contributed by atoms with Gasteiger partial charge in [0.25, 0.3) is 0 Å². The summed E-state index contributed by atoms with van der Waals surface area (Å²) in [5.41, 5.74) is 1.44. The second-order valence-electron chi connectivity index (χ2n) is 6.35. The number of carbonyl (C=O) groups is 4. The maximum absolute atomic E-state index is 12.1. The smallest absolute Gasteiger partial charge is 0.306 e. The SMILES string of the molecule is CC(=O)NCCc1ccc(C(=O)COC(=O)CCC(=O)c2ccc(C)s2)cc1. The molecule has 0 saturated carbocycles. The van der Waals surface area contributed by atoms with Gasteiger partial charge in [-0.15, -0.1) is 11.3 Å². The molecule has 0 aliphatic carbocycles. The van der Waals surface area contributed by atoms with Crippen molar-refractivity contribution in [2.45, 2.75) is 33.1 Å². The molecule has 0 bridgehead atoms. The lowest BCUT2D eigenvalue weighted by Gasteiger charge is -2.06. The number of ether oxygens (including phenoxy) is 1. The average Bonchev–Trinajstić information content (AvgIpc) is 3.11. The quantitative estimate of drug-likeness (QED) is 0.488. The summed E-state index contributed by atoms with van der Waals surface area (Å²) < 4.78 is 4.99. The van der Waals surface area contributed by atoms with Crippen molar-refractivity contribution in [1.82, 2.24) is 5.32 Å². The highest BCUT2D eigenvalue weighted by atomic mass is 32.1. The van der Waals surface area contributed by atoms with E-state index in [0.717, 1.165) is 10.4 Å². The summed E-state index contributed by atoms with van der Waals surface area (Å²) in [4.78, 5) is 48.4. The molecule has 0 fully saturated rings. The maximum atomic E-state index is 12.1. The molecule has 6 nitrogen and oxygen atoms in total. The molecule has 0 unspecified atom stereocenters. The van der Waals surface area contributed by atoms with E-state index in [1.54, 1.807) is 30.3 Å². The van der Waals surface area contributed by atoms with Crippen molar-refractivity contribution >= 4 is 34.8 Å². The fourth-order valence-corrected chi connectivity index (χ4v) is 3.30. The number of thiophene rings is 1. The molecule has 2 aromatic rings. The Balaban J connectivity index is 1.72. The number of aryl methyl sites for hydroxylation is 1. The van der Waals surface area contributed by atoms with Crippen LogP contribution in [-0.4, -0.2) is 36.6 Å². The number of benzene rings is 1. The summed E-state index contributed by atoms with van der Waals surface area (Å²) in [7, 11) is 0. The minimum Gasteiger partial charge on any atom is -0.457 e. The highest BCUT2D eigenvalue weighted by Gasteiger charge is 2.14. The van der Waals surface area contributed by atoms with Crippen molar-refractivity contribution in [3.05, 3.63) is 57.3 Å². The zero-order chi connectivity index (χ0) is 20.5. The van der Waals surface area contributed by atoms with Gasteiger partial charge < -0.3 is 10.1 Å². The molecule has 148 valence electrons. The Bertz CT molecular complexity index is 854. The van der Waals surface area contributed by atoms with Crippen LogP contribution in [-0.2, 0) is 20.7 Å². The van der Waals surface area contributed by atoms with Crippen molar-refractivity contribution in [3.8, 4) is 0 Å². The zero-order valence-electron chi connectivity index (χ0n) is 15.9. The third-order valence-corrected chi connectivity index (χ3v) is 5.04. The van der Waals surface area contributed by atoms with Crippen molar-refractivity contribution in [2.75, 3.05) is 13.2 Å². The van der Waals surface area contributed by atoms with E-state index in [-0.39, 0.29) is 36.9 Å². The largest absolute Gasteiger partial charge is 0.457 e. The molecule has 0 spiro atoms. The van der Waals surface area contributed by atoms with Crippen molar-refractivity contribution in [2.24, 2.45) is 0 Å². The van der Waals surface area contributed by atoms with Crippen LogP contribution >= 0.6 is 11.3 Å². The Morgan fingerprint density at radius 1 is 0.964 bits per heavy atom. The predicted molar refractivity (Wildman–Crippen MR) is 107 cm³/mol. The van der Waals surface area contributed by atoms with Crippen molar-refractivity contribution in [3.63, 3.8) is 0 Å². The van der Waals surface area contributed by atoms with Crippen molar-refractivity contribution < 1.29 is 23.9 Å². The second kappa shape index (κ2) is 10.5. The molecule has 28 heavy (non-hydrogen) atoms. The van der Waals surface area contributed by atoms with E-state index < -0.39 is 5.97 Å². The number of ketones is 2. The summed E-state index contributed by atoms with van der Waals surface area (Å²) in [5.74, 6) is -1.05. The average molecular weight is 401 g/mol. The lowest BCUT2D eigenvalue weighted by atomic mass is 10.1. The normalized spacial score (nSPS) is 10.4. The van der Waals surface area contributed by atoms with Crippen LogP contribution in [0.2, 0.25) is 0 Å². The number of rotatable bonds is 10. The molecule has 2 rings (SSSR count). The molecule has 1 aromatic carbocycles. The topological polar surface area (TPSA) is 89.5 Å². The second-order valence-corrected chi connectivity index (χ2v) is 7.64. The number of esters is 1. The van der Waals surface area contributed by atoms with E-state index in [1.165, 1.54) is 18.3 Å². The minimum absolute atomic E-state index is 0.0504. The van der Waals surface area contributed by atoms with E-state index in [4.69, 9.17) is 4.74 Å². The Labute approximate surface area is 167 Å². The van der Waals surface area contributed by atoms with Gasteiger partial charge in [0, 0.05) is 30.3 Å². The van der Waals surface area contributed by atoms with Gasteiger partial charge in [-0.1, -0.05) is 24.3 Å². The van der Waals surface area contributed by atoms with Crippen LogP contribution in [0.15, 0.2) is 36.4 Å². The van der Waals surface area contributed by atoms with E-state index in [1.807, 2.05) is 13.0 Å². The number of nitrogens with one attached hydrogen (secondary N) is 1. The maximum Gasteiger partial charge on any atom is 0.306 e. The van der Waals surface area contributed by atoms with Crippen LogP contribution in [0.5, 0.6) is 0 Å². The fourth-order valence-electron chi connectivity index (χ4n) is 2.46. The number of carbonyl (C=O) groups excluding carboxylic acids is 4. The standard InChI is InChI=1S/C21H23NO5S/c1-14-3-9-20(28-14)18(24)8-10-21(26)27-13-19(25)17-6-4-16(5-7-17)11-12-22-15(2)23/h3-7,9H,8,10-13H2,1-2H3,(H,22,23). The molecule has 7 heteroatoms. The van der Waals surface area contributed by atoms with Gasteiger partial charge in [-0.2, -0.15) is 0 Å². The molecule has 0 atom stereocenters. The highest BCUT2D eigenvalue weighted by molar-refractivity contribution is 7.14. The van der Waals surface area contributed by atoms with Gasteiger partial charge in [-0.05, 0) is 31.0 Å². The zero-order valence-corrected chi connectivity index (χ0v) is 16.8. The monoisotopic (exact) mass is 401 g/mol. The molecule has 0 radical (unpaired) electrons. The van der Waals surface area contributed by atoms with Crippen LogP contribution in [0.25, 0.3) is 0 Å². The molecule has 0 aliphatic rings. The number of amides is 1. The van der Waals surface area contributed by atoms with Crippen LogP contribution in [0.4, 0.5) is 0 Å². The summed E-state index contributed by atoms with van der Waals surface area (Å²) in [6.45, 7) is 3.55. The molecule has 0 aliphatic heterocycles. The third-order valence-electron chi connectivity index (χ3n) is 4.00. The van der Waals surface area contributed by atoms with Gasteiger partial charge in [0.2, 0.25) is 5.91 Å². The fraction of sp³-hybridized carbons (Fsp3) is 0.333. The van der Waals surface area contributed by atoms with Gasteiger partial charge in [0.15, 0.2) is 18.2 Å². The lowest BCUT2D eigenvalue weighted by Crippen LogP contribution is -2.22. The number of Topliss-reactive ketones (excluding diaryl/α,β-unsaturated/α-hetero) is 2. The first kappa shape index (κ1) is 21.5. The lowest BCUT2D eigenvalue weighted by molar-refractivity contribution is -0.142. The predicted octanol–water partition coefficient (Wildman–Crippen LogP) is 3.12. The van der Waals surface area contributed by atoms with E-state index in [0.29, 0.717) is 23.4 Å². The summed E-state index contributed by atoms with van der Waals surface area (Å²) in [6, 6.07) is 10.6. The summed E-state index contributed by atoms with van der Waals surface area (Å²) >= 11 is 1.39. The minimum atomic E-state index is -0.568. The van der Waals surface area contributed by atoms with Crippen LogP contribution in [0.3, 0.4) is 0 Å². The van der Waals surface area contributed by atoms with Crippen molar-refractivity contribution in [1.29, 1.82) is 0 Å². The first-order valence-electron chi connectivity index (χ1n) is 8.97. The molecule has 1 amide bonds. The first-order chi connectivity index (χ1) is 13.3. The van der Waals surface area contributed by atoms with Crippen LogP contribution in [0, 0.1) is 6.92 Å². The van der Waals surface area contributed by atoms with E-state index in [9.17, 15) is 19.2 Å². The Morgan fingerprint density at radius 3 is 2.29 bits per heavy atom. The summed E-state index contributed by atoms with van der Waals surface area (Å²) in [6.07, 6.45) is 0.682. The first-order valence-corrected chi connectivity index (χ1v) is 9.78. The highest BCUT2D eigenvalue weighted by Crippen LogP contribution is 2.17. The molecule has 1 N–H and O–H groups in total. The third kappa shape index (κ3) is 7.08. The molecular formula is C21H23NO5S. The van der Waals surface area contributed by atoms with Gasteiger partial charge in [-0.25, -0.2) is 0 Å². The van der Waals surface area contributed by atoms with Gasteiger partial charge >= 0.3 is 5.97 Å². The van der Waals surface area contributed by atoms with Crippen LogP contribution < -0.4 is 5.32 Å². The van der Waals surface area contributed by atoms with Gasteiger partial charge in [-0.3, -0.25) is 19.2 Å². The van der Waals surface area contributed by atoms with E-state index in [2.05, 4.69) is 5.32 Å². The van der Waals surface area contributed by atoms with Gasteiger partial charge in [0.05, 0.1) is 11.3 Å². The Morgan fingerprint density at radius 2 is 1.68 bits per heavy atom. The Kier molecular flexibility index (Phi) is 8.07.